The van der Waals surface area contributed by atoms with Gasteiger partial charge in [-0.25, -0.2) is 0 Å². The van der Waals surface area contributed by atoms with E-state index in [1.807, 2.05) is 60.7 Å². The zero-order chi connectivity index (χ0) is 23.1. The van der Waals surface area contributed by atoms with Crippen LogP contribution >= 0.6 is 34.8 Å². The van der Waals surface area contributed by atoms with Gasteiger partial charge in [-0.1, -0.05) is 95.5 Å². The molecule has 0 bridgehead atoms. The molecular weight excluding hydrogens is 481 g/mol. The predicted molar refractivity (Wildman–Crippen MR) is 121 cm³/mol. The van der Waals surface area contributed by atoms with Crippen LogP contribution in [0.3, 0.4) is 0 Å². The van der Waals surface area contributed by atoms with E-state index in [2.05, 4.69) is 0 Å². The smallest absolute Gasteiger partial charge is 0.265 e. The molecule has 32 heavy (non-hydrogen) atoms. The maximum absolute atomic E-state index is 10.9. The summed E-state index contributed by atoms with van der Waals surface area (Å²) in [5.41, 5.74) is 1.77. The Balaban J connectivity index is 1.70. The largest absolute Gasteiger partial charge is 0.475 e. The van der Waals surface area contributed by atoms with Crippen molar-refractivity contribution in [3.05, 3.63) is 71.8 Å². The molecule has 0 aliphatic carbocycles. The molecule has 0 saturated carbocycles. The van der Waals surface area contributed by atoms with Crippen LogP contribution in [0.15, 0.2) is 60.7 Å². The van der Waals surface area contributed by atoms with Crippen LogP contribution < -0.4 is 0 Å². The van der Waals surface area contributed by atoms with Crippen LogP contribution in [0.1, 0.15) is 11.1 Å². The topological polar surface area (TPSA) is 101 Å². The summed E-state index contributed by atoms with van der Waals surface area (Å²) in [6.07, 6.45) is -5.63. The van der Waals surface area contributed by atoms with Gasteiger partial charge in [-0.15, -0.1) is 0 Å². The third-order valence-corrected chi connectivity index (χ3v) is 5.37. The zero-order valence-electron chi connectivity index (χ0n) is 16.9. The lowest BCUT2D eigenvalue weighted by Gasteiger charge is -2.42. The molecule has 0 aromatic heterocycles. The van der Waals surface area contributed by atoms with Crippen LogP contribution in [0.2, 0.25) is 0 Å². The van der Waals surface area contributed by atoms with E-state index in [0.29, 0.717) is 0 Å². The van der Waals surface area contributed by atoms with Gasteiger partial charge in [0.2, 0.25) is 5.90 Å². The van der Waals surface area contributed by atoms with Crippen molar-refractivity contribution >= 4 is 40.7 Å². The maximum Gasteiger partial charge on any atom is 0.265 e. The van der Waals surface area contributed by atoms with Gasteiger partial charge in [-0.2, -0.15) is 0 Å². The van der Waals surface area contributed by atoms with E-state index in [1.165, 1.54) is 0 Å². The van der Waals surface area contributed by atoms with Crippen molar-refractivity contribution in [1.29, 1.82) is 5.41 Å². The normalized spacial score (nSPS) is 26.0. The number of hydrogen-bond donors (Lipinski definition) is 3. The van der Waals surface area contributed by atoms with Crippen LogP contribution in [-0.2, 0) is 32.2 Å². The lowest BCUT2D eigenvalue weighted by atomic mass is 9.98. The summed E-state index contributed by atoms with van der Waals surface area (Å²) < 4.78 is 20.4. The first-order chi connectivity index (χ1) is 15.3. The second-order valence-corrected chi connectivity index (χ2v) is 9.50. The minimum absolute atomic E-state index is 0.179. The second-order valence-electron chi connectivity index (χ2n) is 7.22. The fourth-order valence-electron chi connectivity index (χ4n) is 3.19. The molecule has 0 radical (unpaired) electrons. The van der Waals surface area contributed by atoms with Crippen molar-refractivity contribution in [3.63, 3.8) is 0 Å². The molecule has 1 fully saturated rings. The monoisotopic (exact) mass is 503 g/mol. The first-order valence-electron chi connectivity index (χ1n) is 9.87. The Bertz CT molecular complexity index is 852. The van der Waals surface area contributed by atoms with Gasteiger partial charge < -0.3 is 29.2 Å². The third-order valence-electron chi connectivity index (χ3n) is 4.86. The quantitative estimate of drug-likeness (QED) is 0.288. The lowest BCUT2D eigenvalue weighted by Crippen LogP contribution is -2.60. The molecular formula is C22H24Cl3NO6. The van der Waals surface area contributed by atoms with Crippen LogP contribution in [0.25, 0.3) is 0 Å². The van der Waals surface area contributed by atoms with E-state index in [4.69, 9.17) is 59.2 Å². The minimum Gasteiger partial charge on any atom is -0.475 e. The molecule has 5 atom stereocenters. The Morgan fingerprint density at radius 1 is 0.875 bits per heavy atom. The molecule has 1 aliphatic heterocycles. The third kappa shape index (κ3) is 7.04. The molecule has 0 unspecified atom stereocenters. The molecule has 7 nitrogen and oxygen atoms in total. The molecule has 1 saturated heterocycles. The van der Waals surface area contributed by atoms with Crippen molar-refractivity contribution in [2.24, 2.45) is 0 Å². The van der Waals surface area contributed by atoms with Crippen molar-refractivity contribution in [2.45, 2.75) is 47.7 Å². The lowest BCUT2D eigenvalue weighted by molar-refractivity contribution is -0.306. The van der Waals surface area contributed by atoms with Gasteiger partial charge in [0.15, 0.2) is 6.29 Å². The summed E-state index contributed by atoms with van der Waals surface area (Å²) in [7, 11) is 0. The highest BCUT2D eigenvalue weighted by Gasteiger charge is 2.47. The molecule has 174 valence electrons. The highest BCUT2D eigenvalue weighted by atomic mass is 35.6. The molecule has 0 spiro atoms. The molecule has 2 aromatic rings. The number of halogens is 3. The maximum atomic E-state index is 10.9. The molecule has 3 N–H and O–H groups in total. The average molecular weight is 505 g/mol. The van der Waals surface area contributed by atoms with E-state index in [9.17, 15) is 10.2 Å². The number of benzene rings is 2. The van der Waals surface area contributed by atoms with E-state index in [-0.39, 0.29) is 19.8 Å². The molecule has 0 amide bonds. The van der Waals surface area contributed by atoms with Crippen LogP contribution in [0.5, 0.6) is 0 Å². The van der Waals surface area contributed by atoms with Crippen LogP contribution in [-0.4, -0.2) is 57.2 Å². The fraction of sp³-hybridized carbons (Fsp3) is 0.409. The van der Waals surface area contributed by atoms with Crippen LogP contribution in [0.4, 0.5) is 0 Å². The number of aliphatic hydroxyl groups excluding tert-OH is 2. The number of aliphatic hydroxyl groups is 2. The van der Waals surface area contributed by atoms with E-state index < -0.39 is 40.4 Å². The SMILES string of the molecule is N=C(OC[C@H]1O[C@H](O)[C@@H](OCc2ccccc2)[C@@H](OCc2ccccc2)[C@@H]1O)C(Cl)(Cl)Cl. The first-order valence-corrected chi connectivity index (χ1v) is 11.0. The molecule has 3 rings (SSSR count). The van der Waals surface area contributed by atoms with Crippen molar-refractivity contribution in [3.8, 4) is 0 Å². The fourth-order valence-corrected chi connectivity index (χ4v) is 3.36. The van der Waals surface area contributed by atoms with Gasteiger partial charge in [0.1, 0.15) is 31.0 Å². The summed E-state index contributed by atoms with van der Waals surface area (Å²) in [6.45, 7) is 0.0303. The first kappa shape index (κ1) is 25.2. The summed E-state index contributed by atoms with van der Waals surface area (Å²) in [4.78, 5) is 0. The summed E-state index contributed by atoms with van der Waals surface area (Å²) in [5, 5.41) is 29.2. The average Bonchev–Trinajstić information content (AvgIpc) is 2.78. The van der Waals surface area contributed by atoms with Gasteiger partial charge in [0.05, 0.1) is 13.2 Å². The van der Waals surface area contributed by atoms with E-state index in [1.54, 1.807) is 0 Å². The standard InChI is InChI=1S/C22H24Cl3NO6/c23-22(24,25)21(26)31-13-16-17(27)18(29-11-14-7-3-1-4-8-14)19(20(28)32-16)30-12-15-9-5-2-6-10-15/h1-10,16-20,26-28H,11-13H2/t16-,17-,18+,19+,20+/m1/s1. The van der Waals surface area contributed by atoms with Crippen molar-refractivity contribution in [1.82, 2.24) is 0 Å². The Morgan fingerprint density at radius 3 is 1.88 bits per heavy atom. The number of alkyl halides is 3. The number of rotatable bonds is 8. The second kappa shape index (κ2) is 11.6. The van der Waals surface area contributed by atoms with E-state index in [0.717, 1.165) is 11.1 Å². The summed E-state index contributed by atoms with van der Waals surface area (Å²) >= 11 is 16.9. The molecule has 1 heterocycles. The number of ether oxygens (including phenoxy) is 4. The molecule has 1 aliphatic rings. The Labute approximate surface area is 201 Å². The highest BCUT2D eigenvalue weighted by Crippen LogP contribution is 2.30. The zero-order valence-corrected chi connectivity index (χ0v) is 19.2. The Kier molecular flexibility index (Phi) is 9.16. The highest BCUT2D eigenvalue weighted by molar-refractivity contribution is 6.76. The minimum atomic E-state index is -2.05. The Hall–Kier alpha value is -1.42. The summed E-state index contributed by atoms with van der Waals surface area (Å²) in [5.74, 6) is -0.628. The summed E-state index contributed by atoms with van der Waals surface area (Å²) in [6, 6.07) is 18.8. The van der Waals surface area contributed by atoms with Gasteiger partial charge in [0, 0.05) is 0 Å². The van der Waals surface area contributed by atoms with E-state index >= 15 is 0 Å². The van der Waals surface area contributed by atoms with Gasteiger partial charge in [0.25, 0.3) is 3.79 Å². The van der Waals surface area contributed by atoms with Gasteiger partial charge >= 0.3 is 0 Å². The van der Waals surface area contributed by atoms with Crippen molar-refractivity contribution < 1.29 is 29.2 Å². The van der Waals surface area contributed by atoms with Crippen LogP contribution in [0, 0.1) is 5.41 Å². The molecule has 10 heteroatoms. The molecule has 2 aromatic carbocycles. The van der Waals surface area contributed by atoms with Gasteiger partial charge in [-0.05, 0) is 11.1 Å². The number of hydrogen-bond acceptors (Lipinski definition) is 7. The van der Waals surface area contributed by atoms with Crippen molar-refractivity contribution in [2.75, 3.05) is 6.61 Å². The van der Waals surface area contributed by atoms with Gasteiger partial charge in [-0.3, -0.25) is 5.41 Å². The number of nitrogens with one attached hydrogen (secondary N) is 1. The predicted octanol–water partition coefficient (Wildman–Crippen LogP) is 3.60. The Morgan fingerprint density at radius 2 is 1.38 bits per heavy atom.